The highest BCUT2D eigenvalue weighted by Crippen LogP contribution is 2.48. The van der Waals surface area contributed by atoms with Gasteiger partial charge in [-0.15, -0.1) is 0 Å². The number of ketones is 1. The third kappa shape index (κ3) is 11.1. The summed E-state index contributed by atoms with van der Waals surface area (Å²) in [5.41, 5.74) is 1.27. The number of anilines is 3. The van der Waals surface area contributed by atoms with Gasteiger partial charge < -0.3 is 26.0 Å². The lowest BCUT2D eigenvalue weighted by atomic mass is 9.93. The molecule has 0 spiro atoms. The van der Waals surface area contributed by atoms with Gasteiger partial charge in [0, 0.05) is 35.8 Å². The van der Waals surface area contributed by atoms with Crippen molar-refractivity contribution in [1.82, 2.24) is 25.6 Å². The molecule has 4 aromatic rings. The maximum Gasteiger partial charge on any atom is 0.422 e. The number of rotatable bonds is 16. The Balaban J connectivity index is 1.15. The molecule has 1 heterocycles. The van der Waals surface area contributed by atoms with Crippen molar-refractivity contribution in [2.45, 2.75) is 51.2 Å². The molecule has 0 aliphatic heterocycles. The van der Waals surface area contributed by atoms with Gasteiger partial charge in [-0.3, -0.25) is 14.4 Å². The maximum atomic E-state index is 13.1. The van der Waals surface area contributed by atoms with Crippen molar-refractivity contribution in [3.05, 3.63) is 100 Å². The molecule has 274 valence electrons. The van der Waals surface area contributed by atoms with E-state index in [1.54, 1.807) is 36.4 Å². The molecular weight excluding hydrogens is 706 g/mol. The zero-order valence-corrected chi connectivity index (χ0v) is 29.0. The summed E-state index contributed by atoms with van der Waals surface area (Å²) in [6.45, 7) is 2.33. The summed E-state index contributed by atoms with van der Waals surface area (Å²) in [5.74, 6) is -2.20. The van der Waals surface area contributed by atoms with Crippen LogP contribution in [0.2, 0.25) is 5.02 Å². The summed E-state index contributed by atoms with van der Waals surface area (Å²) in [6, 6.07) is 18.6. The van der Waals surface area contributed by atoms with Crippen LogP contribution in [0.25, 0.3) is 0 Å². The molecule has 0 bridgehead atoms. The first-order chi connectivity index (χ1) is 24.6. The highest BCUT2D eigenvalue weighted by atomic mass is 35.5. The average Bonchev–Trinajstić information content (AvgIpc) is 3.88. The first-order valence-electron chi connectivity index (χ1n) is 16.3. The van der Waals surface area contributed by atoms with Gasteiger partial charge >= 0.3 is 12.2 Å². The predicted octanol–water partition coefficient (Wildman–Crippen LogP) is 6.52. The summed E-state index contributed by atoms with van der Waals surface area (Å²) in [7, 11) is 0. The highest BCUT2D eigenvalue weighted by Gasteiger charge is 2.45. The lowest BCUT2D eigenvalue weighted by molar-refractivity contribution is -0.154. The predicted molar refractivity (Wildman–Crippen MR) is 186 cm³/mol. The Bertz CT molecular complexity index is 1890. The van der Waals surface area contributed by atoms with E-state index in [1.807, 2.05) is 26.0 Å². The maximum absolute atomic E-state index is 13.1. The van der Waals surface area contributed by atoms with Gasteiger partial charge in [0.25, 0.3) is 11.8 Å². The number of hydrogen-bond acceptors (Lipinski definition) is 9. The first-order valence-corrected chi connectivity index (χ1v) is 16.7. The number of benzene rings is 3. The second-order valence-corrected chi connectivity index (χ2v) is 13.6. The Kier molecular flexibility index (Phi) is 11.6. The molecule has 0 atom stereocenters. The van der Waals surface area contributed by atoms with Gasteiger partial charge in [-0.1, -0.05) is 49.7 Å². The van der Waals surface area contributed by atoms with Gasteiger partial charge in [-0.05, 0) is 84.3 Å². The fraction of sp³-hybridized carbons (Fsp3) is 0.333. The molecule has 1 aliphatic rings. The van der Waals surface area contributed by atoms with Crippen LogP contribution in [-0.2, 0) is 21.5 Å². The zero-order valence-electron chi connectivity index (χ0n) is 28.2. The minimum atomic E-state index is -4.61. The van der Waals surface area contributed by atoms with E-state index in [4.69, 9.17) is 16.3 Å². The number of hydrogen-bond donors (Lipinski definition) is 4. The molecule has 4 N–H and O–H groups in total. The Labute approximate surface area is 301 Å². The first kappa shape index (κ1) is 37.9. The third-order valence-electron chi connectivity index (χ3n) is 8.14. The Morgan fingerprint density at radius 3 is 2.12 bits per heavy atom. The molecule has 0 radical (unpaired) electrons. The van der Waals surface area contributed by atoms with Crippen LogP contribution in [0.4, 0.5) is 35.1 Å². The minimum absolute atomic E-state index is 0.00582. The van der Waals surface area contributed by atoms with E-state index in [-0.39, 0.29) is 37.2 Å². The molecule has 2 amide bonds. The van der Waals surface area contributed by atoms with Gasteiger partial charge in [-0.2, -0.15) is 28.1 Å². The number of ether oxygens (including phenoxy) is 1. The fourth-order valence-electron chi connectivity index (χ4n) is 5.03. The van der Waals surface area contributed by atoms with E-state index in [9.17, 15) is 31.9 Å². The van der Waals surface area contributed by atoms with Crippen molar-refractivity contribution in [3.8, 4) is 6.01 Å². The van der Waals surface area contributed by atoms with Gasteiger partial charge in [-0.25, -0.2) is 4.39 Å². The molecule has 1 fully saturated rings. The van der Waals surface area contributed by atoms with E-state index in [0.717, 1.165) is 24.0 Å². The van der Waals surface area contributed by atoms with Crippen LogP contribution in [0.5, 0.6) is 6.01 Å². The van der Waals surface area contributed by atoms with Crippen molar-refractivity contribution in [3.63, 3.8) is 0 Å². The van der Waals surface area contributed by atoms with Crippen molar-refractivity contribution >= 4 is 46.8 Å². The van der Waals surface area contributed by atoms with Gasteiger partial charge in [0.15, 0.2) is 6.61 Å². The number of halogens is 5. The molecule has 1 aromatic heterocycles. The second-order valence-electron chi connectivity index (χ2n) is 13.2. The van der Waals surface area contributed by atoms with Gasteiger partial charge in [0.1, 0.15) is 5.82 Å². The molecule has 3 aromatic carbocycles. The van der Waals surface area contributed by atoms with Crippen LogP contribution in [-0.4, -0.2) is 58.4 Å². The summed E-state index contributed by atoms with van der Waals surface area (Å²) in [5, 5.41) is 12.1. The minimum Gasteiger partial charge on any atom is -0.454 e. The quantitative estimate of drug-likeness (QED) is 0.0744. The standard InChI is InChI=1S/C36H36ClF4N7O4/c1-34(2,20-43-30(51)28(49)16-5-22-3-12-26(38)13-4-22)19-42-29(50)23-6-14-27(15-7-23)44-31-45-32(47-33(46-31)52-21-36(39,40)41)48-35(17-18-35)24-8-10-25(37)11-9-24/h3-4,6-15H,5,16-21H2,1-2H3,(H,42,50)(H,43,51)(H2,44,45,46,47,48). The van der Waals surface area contributed by atoms with Crippen LogP contribution in [0.1, 0.15) is 54.6 Å². The monoisotopic (exact) mass is 741 g/mol. The van der Waals surface area contributed by atoms with Crippen LogP contribution in [0.3, 0.4) is 0 Å². The highest BCUT2D eigenvalue weighted by molar-refractivity contribution is 6.36. The van der Waals surface area contributed by atoms with E-state index in [1.165, 1.54) is 24.3 Å². The second kappa shape index (κ2) is 15.9. The number of nitrogens with one attached hydrogen (secondary N) is 4. The van der Waals surface area contributed by atoms with Crippen molar-refractivity contribution < 1.29 is 36.7 Å². The average molecular weight is 742 g/mol. The van der Waals surface area contributed by atoms with Crippen LogP contribution >= 0.6 is 11.6 Å². The number of Topliss-reactive ketones (excluding diaryl/α,β-unsaturated/α-hetero) is 1. The van der Waals surface area contributed by atoms with Gasteiger partial charge in [0.05, 0.1) is 5.54 Å². The van der Waals surface area contributed by atoms with E-state index in [2.05, 4.69) is 36.2 Å². The van der Waals surface area contributed by atoms with Crippen molar-refractivity contribution in [1.29, 1.82) is 0 Å². The van der Waals surface area contributed by atoms with E-state index < -0.39 is 47.3 Å². The molecule has 16 heteroatoms. The zero-order chi connectivity index (χ0) is 37.5. The molecule has 1 saturated carbocycles. The lowest BCUT2D eigenvalue weighted by Gasteiger charge is -2.25. The molecule has 1 aliphatic carbocycles. The SMILES string of the molecule is CC(C)(CNC(=O)C(=O)CCc1ccc(F)cc1)CNC(=O)c1ccc(Nc2nc(NC3(c4ccc(Cl)cc4)CC3)nc(OCC(F)(F)F)n2)cc1. The largest absolute Gasteiger partial charge is 0.454 e. The molecule has 5 rings (SSSR count). The third-order valence-corrected chi connectivity index (χ3v) is 8.40. The number of aromatic nitrogens is 3. The summed E-state index contributed by atoms with van der Waals surface area (Å²) < 4.78 is 56.7. The molecule has 0 unspecified atom stereocenters. The van der Waals surface area contributed by atoms with Crippen LogP contribution in [0.15, 0.2) is 72.8 Å². The number of nitrogens with zero attached hydrogens (tertiary/aromatic N) is 3. The number of amides is 2. The summed E-state index contributed by atoms with van der Waals surface area (Å²) in [4.78, 5) is 49.9. The normalized spacial score (nSPS) is 13.5. The topological polar surface area (TPSA) is 147 Å². The van der Waals surface area contributed by atoms with E-state index >= 15 is 0 Å². The number of aryl methyl sites for hydroxylation is 1. The molecule has 11 nitrogen and oxygen atoms in total. The number of carbonyl (C=O) groups is 3. The fourth-order valence-corrected chi connectivity index (χ4v) is 5.16. The Hall–Kier alpha value is -5.31. The Morgan fingerprint density at radius 2 is 1.48 bits per heavy atom. The summed E-state index contributed by atoms with van der Waals surface area (Å²) in [6.07, 6.45) is -2.87. The van der Waals surface area contributed by atoms with Gasteiger partial charge in [0.2, 0.25) is 17.7 Å². The van der Waals surface area contributed by atoms with Crippen molar-refractivity contribution in [2.75, 3.05) is 30.3 Å². The molecule has 52 heavy (non-hydrogen) atoms. The van der Waals surface area contributed by atoms with Crippen LogP contribution in [0, 0.1) is 11.2 Å². The smallest absolute Gasteiger partial charge is 0.422 e. The number of carbonyl (C=O) groups excluding carboxylic acids is 3. The summed E-state index contributed by atoms with van der Waals surface area (Å²) >= 11 is 6.03. The number of alkyl halides is 3. The molecule has 0 saturated heterocycles. The lowest BCUT2D eigenvalue weighted by Crippen LogP contribution is -2.43. The Morgan fingerprint density at radius 1 is 0.846 bits per heavy atom. The molecular formula is C36H36ClF4N7O4. The van der Waals surface area contributed by atoms with E-state index in [0.29, 0.717) is 22.7 Å². The van der Waals surface area contributed by atoms with Crippen LogP contribution < -0.4 is 26.0 Å². The van der Waals surface area contributed by atoms with Crippen molar-refractivity contribution in [2.24, 2.45) is 5.41 Å².